The molecule has 1 aliphatic heterocycles. The maximum Gasteiger partial charge on any atom is 0.391 e. The number of benzene rings is 2. The van der Waals surface area contributed by atoms with Crippen molar-refractivity contribution in [2.45, 2.75) is 31.5 Å². The number of aliphatic imine (C=N–C) groups is 1. The number of aromatic nitrogens is 1. The molecule has 4 rings (SSSR count). The Morgan fingerprint density at radius 1 is 1.04 bits per heavy atom. The number of pyridine rings is 1. The Morgan fingerprint density at radius 2 is 1.77 bits per heavy atom. The maximum atomic E-state index is 13.1. The smallest absolute Gasteiger partial charge is 0.277 e. The summed E-state index contributed by atoms with van der Waals surface area (Å²) in [6.45, 7) is 1.57. The first-order valence-corrected chi connectivity index (χ1v) is 8.43. The lowest BCUT2D eigenvalue weighted by atomic mass is 9.82. The summed E-state index contributed by atoms with van der Waals surface area (Å²) in [6.07, 6.45) is -3.25. The van der Waals surface area contributed by atoms with Crippen LogP contribution in [0, 0.1) is 0 Å². The summed E-state index contributed by atoms with van der Waals surface area (Å²) >= 11 is 0. The molecule has 0 fully saturated rings. The molecule has 0 saturated heterocycles. The molecule has 26 heavy (non-hydrogen) atoms. The Bertz CT molecular complexity index is 1010. The first kappa shape index (κ1) is 16.8. The van der Waals surface area contributed by atoms with E-state index in [1.807, 2.05) is 54.6 Å². The van der Waals surface area contributed by atoms with Crippen LogP contribution in [0.1, 0.15) is 30.0 Å². The molecule has 1 atom stereocenters. The van der Waals surface area contributed by atoms with E-state index in [9.17, 15) is 13.2 Å². The van der Waals surface area contributed by atoms with Crippen LogP contribution in [0.15, 0.2) is 65.8 Å². The first-order valence-electron chi connectivity index (χ1n) is 8.43. The summed E-state index contributed by atoms with van der Waals surface area (Å²) in [5, 5.41) is 0.938. The SMILES string of the molecule is CC1(CC(F)(F)F)Cc2ccccc2C(c2cnc3ccccc3c2)=N1. The van der Waals surface area contributed by atoms with Crippen LogP contribution in [-0.4, -0.2) is 22.4 Å². The fraction of sp³-hybridized carbons (Fsp3) is 0.238. The van der Waals surface area contributed by atoms with Gasteiger partial charge < -0.3 is 0 Å². The number of alkyl halides is 3. The maximum absolute atomic E-state index is 13.1. The van der Waals surface area contributed by atoms with Crippen molar-refractivity contribution in [1.29, 1.82) is 0 Å². The van der Waals surface area contributed by atoms with E-state index in [-0.39, 0.29) is 6.42 Å². The van der Waals surface area contributed by atoms with E-state index in [2.05, 4.69) is 9.98 Å². The first-order chi connectivity index (χ1) is 12.3. The Kier molecular flexibility index (Phi) is 3.83. The van der Waals surface area contributed by atoms with Gasteiger partial charge in [-0.1, -0.05) is 42.5 Å². The fourth-order valence-electron chi connectivity index (χ4n) is 3.64. The van der Waals surface area contributed by atoms with E-state index < -0.39 is 18.1 Å². The molecule has 0 saturated carbocycles. The topological polar surface area (TPSA) is 25.2 Å². The monoisotopic (exact) mass is 354 g/mol. The summed E-state index contributed by atoms with van der Waals surface area (Å²) in [6, 6.07) is 17.1. The highest BCUT2D eigenvalue weighted by Gasteiger charge is 2.42. The molecule has 3 aromatic rings. The summed E-state index contributed by atoms with van der Waals surface area (Å²) in [4.78, 5) is 9.02. The number of halogens is 3. The zero-order chi connectivity index (χ0) is 18.4. The minimum absolute atomic E-state index is 0.271. The lowest BCUT2D eigenvalue weighted by Gasteiger charge is -2.33. The number of rotatable bonds is 2. The van der Waals surface area contributed by atoms with Crippen molar-refractivity contribution in [3.8, 4) is 0 Å². The van der Waals surface area contributed by atoms with Crippen LogP contribution in [0.2, 0.25) is 0 Å². The molecule has 0 radical (unpaired) electrons. The van der Waals surface area contributed by atoms with Crippen LogP contribution in [0.3, 0.4) is 0 Å². The number of hydrogen-bond donors (Lipinski definition) is 0. The molecule has 0 amide bonds. The van der Waals surface area contributed by atoms with Crippen LogP contribution in [0.5, 0.6) is 0 Å². The highest BCUT2D eigenvalue weighted by Crippen LogP contribution is 2.37. The van der Waals surface area contributed by atoms with Crippen LogP contribution in [-0.2, 0) is 6.42 Å². The van der Waals surface area contributed by atoms with Crippen LogP contribution in [0.25, 0.3) is 10.9 Å². The second-order valence-corrected chi connectivity index (χ2v) is 7.00. The van der Waals surface area contributed by atoms with Gasteiger partial charge in [0.25, 0.3) is 0 Å². The van der Waals surface area contributed by atoms with Crippen molar-refractivity contribution in [2.75, 3.05) is 0 Å². The predicted octanol–water partition coefficient (Wildman–Crippen LogP) is 5.34. The van der Waals surface area contributed by atoms with Gasteiger partial charge in [0.1, 0.15) is 0 Å². The zero-order valence-electron chi connectivity index (χ0n) is 14.2. The summed E-state index contributed by atoms with van der Waals surface area (Å²) in [5.41, 5.74) is 2.72. The van der Waals surface area contributed by atoms with Gasteiger partial charge in [0.2, 0.25) is 0 Å². The number of para-hydroxylation sites is 1. The molecular formula is C21H17F3N2. The molecule has 2 nitrogen and oxygen atoms in total. The van der Waals surface area contributed by atoms with Crippen LogP contribution >= 0.6 is 0 Å². The molecule has 0 aliphatic carbocycles. The second kappa shape index (κ2) is 5.94. The fourth-order valence-corrected chi connectivity index (χ4v) is 3.64. The third-order valence-corrected chi connectivity index (χ3v) is 4.67. The predicted molar refractivity (Wildman–Crippen MR) is 96.6 cm³/mol. The summed E-state index contributed by atoms with van der Waals surface area (Å²) < 4.78 is 39.4. The van der Waals surface area contributed by atoms with Gasteiger partial charge in [-0.2, -0.15) is 13.2 Å². The lowest BCUT2D eigenvalue weighted by Crippen LogP contribution is -2.37. The second-order valence-electron chi connectivity index (χ2n) is 7.00. The van der Waals surface area contributed by atoms with E-state index in [4.69, 9.17) is 0 Å². The largest absolute Gasteiger partial charge is 0.391 e. The quantitative estimate of drug-likeness (QED) is 0.610. The highest BCUT2D eigenvalue weighted by atomic mass is 19.4. The molecule has 0 spiro atoms. The van der Waals surface area contributed by atoms with Gasteiger partial charge in [-0.3, -0.25) is 9.98 Å². The van der Waals surface area contributed by atoms with Crippen molar-refractivity contribution in [1.82, 2.24) is 4.98 Å². The van der Waals surface area contributed by atoms with E-state index in [0.717, 1.165) is 27.6 Å². The van der Waals surface area contributed by atoms with Gasteiger partial charge in [-0.05, 0) is 31.0 Å². The van der Waals surface area contributed by atoms with Crippen molar-refractivity contribution < 1.29 is 13.2 Å². The number of hydrogen-bond acceptors (Lipinski definition) is 2. The van der Waals surface area contributed by atoms with Gasteiger partial charge in [0, 0.05) is 22.7 Å². The van der Waals surface area contributed by atoms with Gasteiger partial charge in [0.05, 0.1) is 23.2 Å². The molecule has 1 aromatic heterocycles. The summed E-state index contributed by atoms with van der Waals surface area (Å²) in [7, 11) is 0. The van der Waals surface area contributed by atoms with E-state index >= 15 is 0 Å². The van der Waals surface area contributed by atoms with E-state index in [1.54, 1.807) is 13.1 Å². The third kappa shape index (κ3) is 3.21. The Balaban J connectivity index is 1.88. The lowest BCUT2D eigenvalue weighted by molar-refractivity contribution is -0.145. The van der Waals surface area contributed by atoms with Gasteiger partial charge >= 0.3 is 6.18 Å². The van der Waals surface area contributed by atoms with Gasteiger partial charge in [0.15, 0.2) is 0 Å². The molecule has 0 bridgehead atoms. The van der Waals surface area contributed by atoms with Crippen molar-refractivity contribution in [2.24, 2.45) is 4.99 Å². The van der Waals surface area contributed by atoms with E-state index in [1.165, 1.54) is 0 Å². The van der Waals surface area contributed by atoms with Crippen LogP contribution in [0.4, 0.5) is 13.2 Å². The normalized spacial score (nSPS) is 19.9. The molecule has 1 unspecified atom stereocenters. The van der Waals surface area contributed by atoms with Crippen LogP contribution < -0.4 is 0 Å². The van der Waals surface area contributed by atoms with Crippen molar-refractivity contribution in [3.05, 3.63) is 77.5 Å². The number of nitrogens with zero attached hydrogens (tertiary/aromatic N) is 2. The van der Waals surface area contributed by atoms with Gasteiger partial charge in [-0.25, -0.2) is 0 Å². The minimum atomic E-state index is -4.27. The van der Waals surface area contributed by atoms with Crippen molar-refractivity contribution >= 4 is 16.6 Å². The Morgan fingerprint density at radius 3 is 2.58 bits per heavy atom. The molecule has 5 heteroatoms. The summed E-state index contributed by atoms with van der Waals surface area (Å²) in [5.74, 6) is 0. The van der Waals surface area contributed by atoms with E-state index in [0.29, 0.717) is 5.71 Å². The molecule has 2 aromatic carbocycles. The molecule has 0 N–H and O–H groups in total. The number of fused-ring (bicyclic) bond motifs is 2. The Hall–Kier alpha value is -2.69. The Labute approximate surface area is 149 Å². The van der Waals surface area contributed by atoms with Gasteiger partial charge in [-0.15, -0.1) is 0 Å². The molecular weight excluding hydrogens is 337 g/mol. The molecule has 132 valence electrons. The average molecular weight is 354 g/mol. The third-order valence-electron chi connectivity index (χ3n) is 4.67. The zero-order valence-corrected chi connectivity index (χ0v) is 14.2. The molecule has 2 heterocycles. The molecule has 1 aliphatic rings. The average Bonchev–Trinajstić information content (AvgIpc) is 2.58. The van der Waals surface area contributed by atoms with Crippen molar-refractivity contribution in [3.63, 3.8) is 0 Å². The highest BCUT2D eigenvalue weighted by molar-refractivity contribution is 6.15. The standard InChI is InChI=1S/C21H17F3N2/c1-20(13-21(22,23)24)11-15-7-2-4-8-17(15)19(26-20)16-10-14-6-3-5-9-18(14)25-12-16/h2-10,12H,11,13H2,1H3. The minimum Gasteiger partial charge on any atom is -0.277 e.